The Morgan fingerprint density at radius 2 is 2.12 bits per heavy atom. The third-order valence-corrected chi connectivity index (χ3v) is 3.26. The molecule has 1 unspecified atom stereocenters. The van der Waals surface area contributed by atoms with Crippen molar-refractivity contribution in [1.29, 1.82) is 5.41 Å². The third-order valence-electron chi connectivity index (χ3n) is 3.02. The molecule has 0 saturated carbocycles. The maximum atomic E-state index is 7.63. The fourth-order valence-corrected chi connectivity index (χ4v) is 2.09. The van der Waals surface area contributed by atoms with Crippen molar-refractivity contribution < 1.29 is 0 Å². The molecule has 0 radical (unpaired) electrons. The van der Waals surface area contributed by atoms with Crippen molar-refractivity contribution in [2.45, 2.75) is 33.2 Å². The average molecular weight is 254 g/mol. The van der Waals surface area contributed by atoms with Crippen molar-refractivity contribution in [3.05, 3.63) is 28.8 Å². The number of rotatable bonds is 5. The Balaban J connectivity index is 3.23. The second-order valence-electron chi connectivity index (χ2n) is 4.12. The lowest BCUT2D eigenvalue weighted by atomic mass is 10.1. The number of nitrogens with two attached hydrogens (primary N) is 1. The number of anilines is 1. The van der Waals surface area contributed by atoms with Crippen LogP contribution in [-0.2, 0) is 0 Å². The molecule has 0 aliphatic heterocycles. The molecular weight excluding hydrogens is 234 g/mol. The monoisotopic (exact) mass is 253 g/mol. The molecule has 1 aromatic rings. The molecule has 0 fully saturated rings. The molecule has 0 bridgehead atoms. The average Bonchev–Trinajstić information content (AvgIpc) is 2.31. The quantitative estimate of drug-likeness (QED) is 0.625. The van der Waals surface area contributed by atoms with Gasteiger partial charge in [-0.15, -0.1) is 0 Å². The second kappa shape index (κ2) is 5.92. The van der Waals surface area contributed by atoms with E-state index in [4.69, 9.17) is 22.7 Å². The standard InChI is InChI=1S/C13H20ClN3/c1-4-9(3)17(5-2)12-7-6-10(14)8-11(12)13(15)16/h6-9H,4-5H2,1-3H3,(H3,15,16). The first-order valence-corrected chi connectivity index (χ1v) is 6.29. The molecule has 94 valence electrons. The summed E-state index contributed by atoms with van der Waals surface area (Å²) in [5.74, 6) is 0.0595. The second-order valence-corrected chi connectivity index (χ2v) is 4.55. The molecule has 0 saturated heterocycles. The van der Waals surface area contributed by atoms with Crippen LogP contribution in [0.1, 0.15) is 32.8 Å². The van der Waals surface area contributed by atoms with Gasteiger partial charge < -0.3 is 10.6 Å². The molecule has 0 aliphatic rings. The summed E-state index contributed by atoms with van der Waals surface area (Å²) in [6.07, 6.45) is 1.05. The maximum absolute atomic E-state index is 7.63. The van der Waals surface area contributed by atoms with E-state index in [1.165, 1.54) is 0 Å². The highest BCUT2D eigenvalue weighted by Gasteiger charge is 2.16. The van der Waals surface area contributed by atoms with E-state index in [1.807, 2.05) is 12.1 Å². The molecule has 0 heterocycles. The number of nitrogens with zero attached hydrogens (tertiary/aromatic N) is 1. The molecule has 0 spiro atoms. The molecule has 1 rings (SSSR count). The van der Waals surface area contributed by atoms with Crippen LogP contribution in [0.4, 0.5) is 5.69 Å². The number of amidine groups is 1. The van der Waals surface area contributed by atoms with Crippen LogP contribution < -0.4 is 10.6 Å². The number of hydrogen-bond acceptors (Lipinski definition) is 2. The first kappa shape index (κ1) is 13.8. The van der Waals surface area contributed by atoms with Gasteiger partial charge in [-0.2, -0.15) is 0 Å². The zero-order valence-corrected chi connectivity index (χ0v) is 11.4. The van der Waals surface area contributed by atoms with E-state index >= 15 is 0 Å². The van der Waals surface area contributed by atoms with Gasteiger partial charge in [-0.1, -0.05) is 18.5 Å². The Hall–Kier alpha value is -1.22. The van der Waals surface area contributed by atoms with Gasteiger partial charge in [0.25, 0.3) is 0 Å². The number of nitrogens with one attached hydrogen (secondary N) is 1. The number of hydrogen-bond donors (Lipinski definition) is 2. The van der Waals surface area contributed by atoms with Gasteiger partial charge in [0.15, 0.2) is 0 Å². The minimum atomic E-state index is 0.0595. The summed E-state index contributed by atoms with van der Waals surface area (Å²) in [4.78, 5) is 2.24. The molecule has 0 amide bonds. The lowest BCUT2D eigenvalue weighted by Gasteiger charge is -2.31. The summed E-state index contributed by atoms with van der Waals surface area (Å²) in [6.45, 7) is 7.31. The lowest BCUT2D eigenvalue weighted by molar-refractivity contribution is 0.629. The predicted octanol–water partition coefficient (Wildman–Crippen LogP) is 3.25. The highest BCUT2D eigenvalue weighted by Crippen LogP contribution is 2.26. The molecule has 0 aliphatic carbocycles. The molecule has 3 N–H and O–H groups in total. The van der Waals surface area contributed by atoms with E-state index in [-0.39, 0.29) is 5.84 Å². The van der Waals surface area contributed by atoms with Crippen LogP contribution in [0.3, 0.4) is 0 Å². The fraction of sp³-hybridized carbons (Fsp3) is 0.462. The van der Waals surface area contributed by atoms with Crippen molar-refractivity contribution in [2.75, 3.05) is 11.4 Å². The molecule has 17 heavy (non-hydrogen) atoms. The normalized spacial score (nSPS) is 12.2. The molecule has 4 heteroatoms. The van der Waals surface area contributed by atoms with Crippen LogP contribution >= 0.6 is 11.6 Å². The van der Waals surface area contributed by atoms with Crippen LogP contribution in [0.15, 0.2) is 18.2 Å². The zero-order chi connectivity index (χ0) is 13.0. The summed E-state index contributed by atoms with van der Waals surface area (Å²) < 4.78 is 0. The highest BCUT2D eigenvalue weighted by atomic mass is 35.5. The first-order chi connectivity index (χ1) is 8.01. The Morgan fingerprint density at radius 3 is 2.59 bits per heavy atom. The number of halogens is 1. The van der Waals surface area contributed by atoms with Crippen molar-refractivity contribution in [3.63, 3.8) is 0 Å². The van der Waals surface area contributed by atoms with Crippen LogP contribution in [0, 0.1) is 5.41 Å². The van der Waals surface area contributed by atoms with Gasteiger partial charge in [-0.3, -0.25) is 5.41 Å². The molecule has 1 atom stereocenters. The van der Waals surface area contributed by atoms with Gasteiger partial charge in [0.05, 0.1) is 0 Å². The summed E-state index contributed by atoms with van der Waals surface area (Å²) in [6, 6.07) is 5.95. The fourth-order valence-electron chi connectivity index (χ4n) is 1.91. The van der Waals surface area contributed by atoms with Crippen LogP contribution in [0.25, 0.3) is 0 Å². The molecule has 1 aromatic carbocycles. The van der Waals surface area contributed by atoms with E-state index in [1.54, 1.807) is 6.07 Å². The smallest absolute Gasteiger partial charge is 0.124 e. The van der Waals surface area contributed by atoms with Gasteiger partial charge in [0, 0.05) is 28.9 Å². The van der Waals surface area contributed by atoms with Crippen molar-refractivity contribution >= 4 is 23.1 Å². The SMILES string of the molecule is CCC(C)N(CC)c1ccc(Cl)cc1C(=N)N. The molecule has 0 aromatic heterocycles. The minimum absolute atomic E-state index is 0.0595. The highest BCUT2D eigenvalue weighted by molar-refractivity contribution is 6.31. The summed E-state index contributed by atoms with van der Waals surface area (Å²) in [5, 5.41) is 8.24. The van der Waals surface area contributed by atoms with Gasteiger partial charge in [0.2, 0.25) is 0 Å². The van der Waals surface area contributed by atoms with Gasteiger partial charge in [0.1, 0.15) is 5.84 Å². The van der Waals surface area contributed by atoms with Crippen molar-refractivity contribution in [2.24, 2.45) is 5.73 Å². The van der Waals surface area contributed by atoms with Gasteiger partial charge in [-0.05, 0) is 38.5 Å². The van der Waals surface area contributed by atoms with E-state index < -0.39 is 0 Å². The topological polar surface area (TPSA) is 53.1 Å². The van der Waals surface area contributed by atoms with Gasteiger partial charge >= 0.3 is 0 Å². The van der Waals surface area contributed by atoms with Gasteiger partial charge in [-0.25, -0.2) is 0 Å². The van der Waals surface area contributed by atoms with Crippen molar-refractivity contribution in [3.8, 4) is 0 Å². The summed E-state index contributed by atoms with van der Waals surface area (Å²) in [7, 11) is 0. The Labute approximate surface area is 108 Å². The predicted molar refractivity (Wildman–Crippen MR) is 75.2 cm³/mol. The lowest BCUT2D eigenvalue weighted by Crippen LogP contribution is -2.34. The third kappa shape index (κ3) is 3.13. The first-order valence-electron chi connectivity index (χ1n) is 5.91. The van der Waals surface area contributed by atoms with Crippen molar-refractivity contribution in [1.82, 2.24) is 0 Å². The maximum Gasteiger partial charge on any atom is 0.124 e. The zero-order valence-electron chi connectivity index (χ0n) is 10.6. The van der Waals surface area contributed by atoms with Crippen LogP contribution in [-0.4, -0.2) is 18.4 Å². The van der Waals surface area contributed by atoms with E-state index in [0.29, 0.717) is 16.6 Å². The van der Waals surface area contributed by atoms with E-state index in [2.05, 4.69) is 25.7 Å². The minimum Gasteiger partial charge on any atom is -0.384 e. The summed E-state index contributed by atoms with van der Waals surface area (Å²) >= 11 is 5.95. The molecular formula is C13H20ClN3. The van der Waals surface area contributed by atoms with E-state index in [0.717, 1.165) is 18.7 Å². The summed E-state index contributed by atoms with van der Waals surface area (Å²) in [5.41, 5.74) is 7.31. The van der Waals surface area contributed by atoms with Crippen LogP contribution in [0.2, 0.25) is 5.02 Å². The number of nitrogen functional groups attached to an aromatic ring is 1. The van der Waals surface area contributed by atoms with Crippen LogP contribution in [0.5, 0.6) is 0 Å². The van der Waals surface area contributed by atoms with E-state index in [9.17, 15) is 0 Å². The molecule has 3 nitrogen and oxygen atoms in total. The Morgan fingerprint density at radius 1 is 1.47 bits per heavy atom. The largest absolute Gasteiger partial charge is 0.384 e. The Kier molecular flexibility index (Phi) is 4.82. The Bertz CT molecular complexity index is 404. The number of benzene rings is 1.